The quantitative estimate of drug-likeness (QED) is 0.595. The van der Waals surface area contributed by atoms with Gasteiger partial charge in [-0.25, -0.2) is 4.79 Å². The van der Waals surface area contributed by atoms with Crippen molar-refractivity contribution in [3.63, 3.8) is 0 Å². The Morgan fingerprint density at radius 1 is 1.38 bits per heavy atom. The van der Waals surface area contributed by atoms with Crippen LogP contribution in [0.1, 0.15) is 6.92 Å². The highest BCUT2D eigenvalue weighted by atomic mass is 16.2. The van der Waals surface area contributed by atoms with Crippen molar-refractivity contribution < 1.29 is 9.59 Å². The maximum Gasteiger partial charge on any atom is 0.324 e. The minimum Gasteiger partial charge on any atom is -0.329 e. The van der Waals surface area contributed by atoms with E-state index < -0.39 is 0 Å². The summed E-state index contributed by atoms with van der Waals surface area (Å²) in [6.07, 6.45) is 0. The average molecular weight is 226 g/mol. The third-order valence-corrected chi connectivity index (χ3v) is 3.03. The van der Waals surface area contributed by atoms with E-state index in [9.17, 15) is 9.59 Å². The predicted octanol–water partition coefficient (Wildman–Crippen LogP) is -1.17. The van der Waals surface area contributed by atoms with Gasteiger partial charge in [0.05, 0.1) is 6.54 Å². The molecule has 6 heteroatoms. The Balaban J connectivity index is 1.78. The summed E-state index contributed by atoms with van der Waals surface area (Å²) < 4.78 is 0. The maximum absolute atomic E-state index is 11.3. The van der Waals surface area contributed by atoms with Gasteiger partial charge in [-0.2, -0.15) is 0 Å². The van der Waals surface area contributed by atoms with Gasteiger partial charge in [0.1, 0.15) is 0 Å². The number of hydrogen-bond donors (Lipinski definition) is 2. The Kier molecular flexibility index (Phi) is 3.40. The Morgan fingerprint density at radius 2 is 2.19 bits per heavy atom. The second-order valence-electron chi connectivity index (χ2n) is 4.36. The van der Waals surface area contributed by atoms with Gasteiger partial charge in [-0.1, -0.05) is 0 Å². The topological polar surface area (TPSA) is 64.7 Å². The van der Waals surface area contributed by atoms with Crippen LogP contribution in [0.5, 0.6) is 0 Å². The number of nitrogens with one attached hydrogen (secondary N) is 2. The zero-order chi connectivity index (χ0) is 11.5. The molecule has 1 atom stereocenters. The second kappa shape index (κ2) is 4.80. The highest BCUT2D eigenvalue weighted by molar-refractivity contribution is 6.01. The van der Waals surface area contributed by atoms with Crippen LogP contribution in [-0.4, -0.2) is 67.0 Å². The molecule has 0 saturated carbocycles. The summed E-state index contributed by atoms with van der Waals surface area (Å²) in [7, 11) is 0. The number of carbonyl (C=O) groups excluding carboxylic acids is 2. The molecule has 3 amide bonds. The molecule has 2 heterocycles. The van der Waals surface area contributed by atoms with Crippen LogP contribution >= 0.6 is 0 Å². The molecule has 0 aromatic carbocycles. The van der Waals surface area contributed by atoms with Gasteiger partial charge < -0.3 is 10.6 Å². The predicted molar refractivity (Wildman–Crippen MR) is 59.0 cm³/mol. The van der Waals surface area contributed by atoms with Gasteiger partial charge in [-0.05, 0) is 6.92 Å². The van der Waals surface area contributed by atoms with Crippen LogP contribution in [0.25, 0.3) is 0 Å². The first-order valence-electron chi connectivity index (χ1n) is 5.71. The van der Waals surface area contributed by atoms with E-state index in [1.54, 1.807) is 0 Å². The van der Waals surface area contributed by atoms with E-state index in [0.29, 0.717) is 12.6 Å². The third-order valence-electron chi connectivity index (χ3n) is 3.03. The summed E-state index contributed by atoms with van der Waals surface area (Å²) in [5, 5.41) is 5.88. The van der Waals surface area contributed by atoms with Crippen LogP contribution in [0.15, 0.2) is 0 Å². The van der Waals surface area contributed by atoms with Crippen molar-refractivity contribution >= 4 is 11.9 Å². The molecule has 16 heavy (non-hydrogen) atoms. The van der Waals surface area contributed by atoms with Crippen LogP contribution in [-0.2, 0) is 4.79 Å². The van der Waals surface area contributed by atoms with Crippen LogP contribution in [0.2, 0.25) is 0 Å². The number of nitrogens with zero attached hydrogens (tertiary/aromatic N) is 2. The van der Waals surface area contributed by atoms with Crippen molar-refractivity contribution in [1.29, 1.82) is 0 Å². The first-order valence-corrected chi connectivity index (χ1v) is 5.71. The lowest BCUT2D eigenvalue weighted by Gasteiger charge is -2.32. The van der Waals surface area contributed by atoms with E-state index in [4.69, 9.17) is 0 Å². The number of rotatable bonds is 3. The molecule has 2 saturated heterocycles. The van der Waals surface area contributed by atoms with Gasteiger partial charge in [0.2, 0.25) is 5.91 Å². The van der Waals surface area contributed by atoms with E-state index >= 15 is 0 Å². The number of piperazine rings is 1. The largest absolute Gasteiger partial charge is 0.329 e. The molecule has 2 N–H and O–H groups in total. The molecule has 6 nitrogen and oxygen atoms in total. The molecule has 0 spiro atoms. The molecule has 2 aliphatic rings. The molecule has 0 aromatic heterocycles. The normalized spacial score (nSPS) is 27.3. The minimum absolute atomic E-state index is 0.117. The summed E-state index contributed by atoms with van der Waals surface area (Å²) in [5.41, 5.74) is 0. The fourth-order valence-corrected chi connectivity index (χ4v) is 2.14. The van der Waals surface area contributed by atoms with Crippen molar-refractivity contribution in [2.45, 2.75) is 13.0 Å². The smallest absolute Gasteiger partial charge is 0.324 e. The number of hydrogen-bond acceptors (Lipinski definition) is 4. The van der Waals surface area contributed by atoms with Crippen molar-refractivity contribution in [3.8, 4) is 0 Å². The van der Waals surface area contributed by atoms with Crippen LogP contribution in [0.3, 0.4) is 0 Å². The maximum atomic E-state index is 11.3. The molecule has 0 unspecified atom stereocenters. The monoisotopic (exact) mass is 226 g/mol. The van der Waals surface area contributed by atoms with Gasteiger partial charge in [-0.15, -0.1) is 0 Å². The highest BCUT2D eigenvalue weighted by Crippen LogP contribution is 2.02. The minimum atomic E-state index is -0.256. The SMILES string of the molecule is C[C@H]1CN(CCN2C(=O)CNC2=O)CCN1. The van der Waals surface area contributed by atoms with Crippen molar-refractivity contribution in [2.24, 2.45) is 0 Å². The first kappa shape index (κ1) is 11.3. The molecular weight excluding hydrogens is 208 g/mol. The van der Waals surface area contributed by atoms with Crippen LogP contribution < -0.4 is 10.6 Å². The summed E-state index contributed by atoms with van der Waals surface area (Å²) in [5.74, 6) is -0.117. The molecule has 0 radical (unpaired) electrons. The van der Waals surface area contributed by atoms with Crippen molar-refractivity contribution in [2.75, 3.05) is 39.3 Å². The molecule has 2 aliphatic heterocycles. The van der Waals surface area contributed by atoms with Gasteiger partial charge in [0.15, 0.2) is 0 Å². The van der Waals surface area contributed by atoms with E-state index in [-0.39, 0.29) is 18.5 Å². The summed E-state index contributed by atoms with van der Waals surface area (Å²) >= 11 is 0. The third kappa shape index (κ3) is 2.51. The summed E-state index contributed by atoms with van der Waals surface area (Å²) in [6.45, 7) is 6.48. The van der Waals surface area contributed by atoms with E-state index in [1.807, 2.05) is 0 Å². The second-order valence-corrected chi connectivity index (χ2v) is 4.36. The zero-order valence-electron chi connectivity index (χ0n) is 9.53. The summed E-state index contributed by atoms with van der Waals surface area (Å²) in [6, 6.07) is 0.227. The lowest BCUT2D eigenvalue weighted by molar-refractivity contribution is -0.125. The number of imide groups is 1. The van der Waals surface area contributed by atoms with Crippen LogP contribution in [0, 0.1) is 0 Å². The molecule has 90 valence electrons. The molecular formula is C10H18N4O2. The van der Waals surface area contributed by atoms with E-state index in [2.05, 4.69) is 22.5 Å². The van der Waals surface area contributed by atoms with Gasteiger partial charge >= 0.3 is 6.03 Å². The lowest BCUT2D eigenvalue weighted by atomic mass is 10.2. The Bertz CT molecular complexity index is 279. The molecule has 2 rings (SSSR count). The standard InChI is InChI=1S/C10H18N4O2/c1-8-7-13(3-2-11-8)4-5-14-9(15)6-12-10(14)16/h8,11H,2-7H2,1H3,(H,12,16)/t8-/m0/s1. The van der Waals surface area contributed by atoms with Gasteiger partial charge in [0.25, 0.3) is 0 Å². The van der Waals surface area contributed by atoms with E-state index in [1.165, 1.54) is 4.90 Å². The Morgan fingerprint density at radius 3 is 2.81 bits per heavy atom. The van der Waals surface area contributed by atoms with Gasteiger partial charge in [0, 0.05) is 38.8 Å². The zero-order valence-corrected chi connectivity index (χ0v) is 9.53. The number of carbonyl (C=O) groups is 2. The Hall–Kier alpha value is -1.14. The van der Waals surface area contributed by atoms with Crippen molar-refractivity contribution in [3.05, 3.63) is 0 Å². The number of urea groups is 1. The molecule has 0 aromatic rings. The summed E-state index contributed by atoms with van der Waals surface area (Å²) in [4.78, 5) is 26.2. The molecule has 0 bridgehead atoms. The fourth-order valence-electron chi connectivity index (χ4n) is 2.14. The fraction of sp³-hybridized carbons (Fsp3) is 0.800. The highest BCUT2D eigenvalue weighted by Gasteiger charge is 2.28. The number of amides is 3. The molecule has 2 fully saturated rings. The Labute approximate surface area is 95.0 Å². The molecule has 0 aliphatic carbocycles. The average Bonchev–Trinajstić information content (AvgIpc) is 2.56. The van der Waals surface area contributed by atoms with E-state index in [0.717, 1.165) is 26.2 Å². The first-order chi connectivity index (χ1) is 7.66. The lowest BCUT2D eigenvalue weighted by Crippen LogP contribution is -2.51. The van der Waals surface area contributed by atoms with Gasteiger partial charge in [-0.3, -0.25) is 14.6 Å². The van der Waals surface area contributed by atoms with Crippen molar-refractivity contribution in [1.82, 2.24) is 20.4 Å². The van der Waals surface area contributed by atoms with Crippen LogP contribution in [0.4, 0.5) is 4.79 Å².